The molecule has 2 nitrogen and oxygen atoms in total. The van der Waals surface area contributed by atoms with Crippen molar-refractivity contribution in [1.29, 1.82) is 0 Å². The first-order valence-electron chi connectivity index (χ1n) is 4.80. The molecule has 0 radical (unpaired) electrons. The molecule has 0 spiro atoms. The van der Waals surface area contributed by atoms with Crippen LogP contribution in [0.15, 0.2) is 45.6 Å². The fourth-order valence-electron chi connectivity index (χ4n) is 1.28. The van der Waals surface area contributed by atoms with E-state index in [1.54, 1.807) is 0 Å². The van der Waals surface area contributed by atoms with Crippen LogP contribution in [0.25, 0.3) is 0 Å². The van der Waals surface area contributed by atoms with Crippen LogP contribution in [0.2, 0.25) is 0 Å². The van der Waals surface area contributed by atoms with Gasteiger partial charge in [-0.25, -0.2) is 0 Å². The van der Waals surface area contributed by atoms with E-state index in [-0.39, 0.29) is 5.91 Å². The van der Waals surface area contributed by atoms with E-state index in [9.17, 15) is 4.79 Å². The maximum Gasteiger partial charge on any atom is 0.252 e. The van der Waals surface area contributed by atoms with E-state index in [0.29, 0.717) is 6.54 Å². The third-order valence-electron chi connectivity index (χ3n) is 2.15. The van der Waals surface area contributed by atoms with E-state index >= 15 is 0 Å². The fraction of sp³-hybridized carbons (Fsp3) is 0.0833. The number of hydrogen-bond acceptors (Lipinski definition) is 2. The quantitative estimate of drug-likeness (QED) is 0.923. The van der Waals surface area contributed by atoms with Gasteiger partial charge in [-0.15, -0.1) is 0 Å². The van der Waals surface area contributed by atoms with Gasteiger partial charge >= 0.3 is 0 Å². The molecule has 0 fully saturated rings. The minimum Gasteiger partial charge on any atom is -0.348 e. The van der Waals surface area contributed by atoms with Gasteiger partial charge in [0.25, 0.3) is 5.91 Å². The summed E-state index contributed by atoms with van der Waals surface area (Å²) in [5.41, 5.74) is 1.81. The predicted octanol–water partition coefficient (Wildman–Crippen LogP) is 3.44. The van der Waals surface area contributed by atoms with Gasteiger partial charge in [0.05, 0.1) is 0 Å². The Balaban J connectivity index is 1.93. The Labute approximate surface area is 106 Å². The van der Waals surface area contributed by atoms with Crippen molar-refractivity contribution in [1.82, 2.24) is 5.32 Å². The highest BCUT2D eigenvalue weighted by Crippen LogP contribution is 2.11. The lowest BCUT2D eigenvalue weighted by Gasteiger charge is -2.03. The van der Waals surface area contributed by atoms with Crippen LogP contribution in [0.4, 0.5) is 0 Å². The molecular weight excluding hydrogens is 286 g/mol. The van der Waals surface area contributed by atoms with Crippen LogP contribution in [0.1, 0.15) is 15.9 Å². The lowest BCUT2D eigenvalue weighted by atomic mass is 10.2. The minimum atomic E-state index is -0.0239. The summed E-state index contributed by atoms with van der Waals surface area (Å²) in [4.78, 5) is 11.6. The molecule has 0 saturated heterocycles. The van der Waals surface area contributed by atoms with Gasteiger partial charge in [-0.05, 0) is 29.1 Å². The van der Waals surface area contributed by atoms with Gasteiger partial charge in [-0.1, -0.05) is 28.1 Å². The number of halogens is 1. The highest BCUT2D eigenvalue weighted by molar-refractivity contribution is 9.10. The third-order valence-corrected chi connectivity index (χ3v) is 3.36. The highest BCUT2D eigenvalue weighted by Gasteiger charge is 2.04. The van der Waals surface area contributed by atoms with Gasteiger partial charge in [0, 0.05) is 22.0 Å². The van der Waals surface area contributed by atoms with Crippen LogP contribution in [-0.4, -0.2) is 5.91 Å². The smallest absolute Gasteiger partial charge is 0.252 e. The Morgan fingerprint density at radius 3 is 2.62 bits per heavy atom. The van der Waals surface area contributed by atoms with Crippen LogP contribution in [0.5, 0.6) is 0 Å². The molecule has 1 heterocycles. The zero-order chi connectivity index (χ0) is 11.4. The molecule has 1 aromatic heterocycles. The van der Waals surface area contributed by atoms with E-state index < -0.39 is 0 Å². The summed E-state index contributed by atoms with van der Waals surface area (Å²) >= 11 is 4.90. The van der Waals surface area contributed by atoms with Gasteiger partial charge in [0.15, 0.2) is 0 Å². The van der Waals surface area contributed by atoms with Gasteiger partial charge in [-0.2, -0.15) is 11.3 Å². The molecule has 82 valence electrons. The number of carbonyl (C=O) groups excluding carboxylic acids is 1. The van der Waals surface area contributed by atoms with Crippen LogP contribution < -0.4 is 5.32 Å². The van der Waals surface area contributed by atoms with Gasteiger partial charge in [0.1, 0.15) is 0 Å². The number of nitrogens with one attached hydrogen (secondary N) is 1. The van der Waals surface area contributed by atoms with Gasteiger partial charge in [0.2, 0.25) is 0 Å². The Kier molecular flexibility index (Phi) is 3.74. The normalized spacial score (nSPS) is 10.1. The molecular formula is C12H10BrNOS. The zero-order valence-corrected chi connectivity index (χ0v) is 10.8. The molecule has 0 unspecified atom stereocenters. The molecule has 1 N–H and O–H groups in total. The summed E-state index contributed by atoms with van der Waals surface area (Å²) in [5.74, 6) is -0.0239. The van der Waals surface area contributed by atoms with E-state index in [4.69, 9.17) is 0 Å². The van der Waals surface area contributed by atoms with Crippen molar-refractivity contribution in [2.45, 2.75) is 6.54 Å². The molecule has 0 atom stereocenters. The minimum absolute atomic E-state index is 0.0239. The van der Waals surface area contributed by atoms with E-state index in [2.05, 4.69) is 21.2 Å². The molecule has 0 aliphatic heterocycles. The molecule has 2 rings (SSSR count). The van der Waals surface area contributed by atoms with Crippen molar-refractivity contribution in [2.75, 3.05) is 0 Å². The standard InChI is InChI=1S/C12H10BrNOS/c13-11-3-1-9(2-4-11)7-14-12(15)10-5-6-16-8-10/h1-6,8H,7H2,(H,14,15). The van der Waals surface area contributed by atoms with Crippen molar-refractivity contribution < 1.29 is 4.79 Å². The summed E-state index contributed by atoms with van der Waals surface area (Å²) in [7, 11) is 0. The lowest BCUT2D eigenvalue weighted by molar-refractivity contribution is 0.0951. The first-order chi connectivity index (χ1) is 7.75. The molecule has 1 amide bonds. The van der Waals surface area contributed by atoms with Crippen LogP contribution in [-0.2, 0) is 6.54 Å². The fourth-order valence-corrected chi connectivity index (χ4v) is 2.18. The predicted molar refractivity (Wildman–Crippen MR) is 69.6 cm³/mol. The SMILES string of the molecule is O=C(NCc1ccc(Br)cc1)c1ccsc1. The maximum atomic E-state index is 11.6. The number of benzene rings is 1. The topological polar surface area (TPSA) is 29.1 Å². The summed E-state index contributed by atoms with van der Waals surface area (Å²) in [6.07, 6.45) is 0. The molecule has 0 bridgehead atoms. The summed E-state index contributed by atoms with van der Waals surface area (Å²) in [6, 6.07) is 9.72. The largest absolute Gasteiger partial charge is 0.348 e. The number of rotatable bonds is 3. The molecule has 16 heavy (non-hydrogen) atoms. The first-order valence-corrected chi connectivity index (χ1v) is 6.54. The van der Waals surface area contributed by atoms with E-state index in [1.807, 2.05) is 41.1 Å². The summed E-state index contributed by atoms with van der Waals surface area (Å²) < 4.78 is 1.04. The number of thiophene rings is 1. The molecule has 0 saturated carbocycles. The Hall–Kier alpha value is -1.13. The highest BCUT2D eigenvalue weighted by atomic mass is 79.9. The van der Waals surface area contributed by atoms with Crippen molar-refractivity contribution in [2.24, 2.45) is 0 Å². The van der Waals surface area contributed by atoms with Gasteiger partial charge in [-0.3, -0.25) is 4.79 Å². The summed E-state index contributed by atoms with van der Waals surface area (Å²) in [6.45, 7) is 0.557. The molecule has 1 aromatic carbocycles. The zero-order valence-electron chi connectivity index (χ0n) is 8.44. The molecule has 4 heteroatoms. The average Bonchev–Trinajstić information content (AvgIpc) is 2.81. The van der Waals surface area contributed by atoms with Crippen molar-refractivity contribution in [3.63, 3.8) is 0 Å². The molecule has 0 aliphatic rings. The van der Waals surface area contributed by atoms with Crippen molar-refractivity contribution in [3.8, 4) is 0 Å². The second-order valence-corrected chi connectivity index (χ2v) is 5.02. The van der Waals surface area contributed by atoms with Crippen molar-refractivity contribution in [3.05, 3.63) is 56.7 Å². The van der Waals surface area contributed by atoms with E-state index in [0.717, 1.165) is 15.6 Å². The maximum absolute atomic E-state index is 11.6. The third kappa shape index (κ3) is 2.93. The number of amides is 1. The second-order valence-electron chi connectivity index (χ2n) is 3.32. The lowest BCUT2D eigenvalue weighted by Crippen LogP contribution is -2.22. The monoisotopic (exact) mass is 295 g/mol. The first kappa shape index (κ1) is 11.4. The Morgan fingerprint density at radius 1 is 1.25 bits per heavy atom. The van der Waals surface area contributed by atoms with Gasteiger partial charge < -0.3 is 5.32 Å². The summed E-state index contributed by atoms with van der Waals surface area (Å²) in [5, 5.41) is 6.61. The van der Waals surface area contributed by atoms with Crippen LogP contribution in [0, 0.1) is 0 Å². The number of carbonyl (C=O) groups is 1. The number of hydrogen-bond donors (Lipinski definition) is 1. The van der Waals surface area contributed by atoms with Crippen molar-refractivity contribution >= 4 is 33.2 Å². The van der Waals surface area contributed by atoms with Crippen LogP contribution in [0.3, 0.4) is 0 Å². The van der Waals surface area contributed by atoms with Crippen LogP contribution >= 0.6 is 27.3 Å². The second kappa shape index (κ2) is 5.27. The molecule has 2 aromatic rings. The Morgan fingerprint density at radius 2 is 2.00 bits per heavy atom. The average molecular weight is 296 g/mol. The Bertz CT molecular complexity index is 464. The molecule has 0 aliphatic carbocycles. The van der Waals surface area contributed by atoms with E-state index in [1.165, 1.54) is 11.3 Å².